The largest absolute Gasteiger partial charge is 0.389 e. The van der Waals surface area contributed by atoms with Gasteiger partial charge in [0.1, 0.15) is 0 Å². The van der Waals surface area contributed by atoms with Crippen LogP contribution in [0.2, 0.25) is 0 Å². The maximum Gasteiger partial charge on any atom is 0.0994 e. The van der Waals surface area contributed by atoms with E-state index in [2.05, 4.69) is 18.0 Å². The summed E-state index contributed by atoms with van der Waals surface area (Å²) >= 11 is 0. The second-order valence-electron chi connectivity index (χ2n) is 6.09. The number of fused-ring (bicyclic) bond motifs is 2. The molecule has 20 heavy (non-hydrogen) atoms. The number of ether oxygens (including phenoxy) is 1. The van der Waals surface area contributed by atoms with Crippen molar-refractivity contribution < 1.29 is 9.84 Å². The zero-order chi connectivity index (χ0) is 14.2. The van der Waals surface area contributed by atoms with Gasteiger partial charge >= 0.3 is 0 Å². The van der Waals surface area contributed by atoms with Crippen LogP contribution < -0.4 is 0 Å². The summed E-state index contributed by atoms with van der Waals surface area (Å²) in [5.41, 5.74) is 0.890. The first-order chi connectivity index (χ1) is 9.61. The number of rotatable bonds is 2. The Morgan fingerprint density at radius 2 is 2.00 bits per heavy atom. The molecule has 2 aliphatic heterocycles. The minimum Gasteiger partial charge on any atom is -0.389 e. The molecule has 3 rings (SSSR count). The van der Waals surface area contributed by atoms with Crippen LogP contribution in [0.25, 0.3) is 0 Å². The lowest BCUT2D eigenvalue weighted by Gasteiger charge is -2.50. The van der Waals surface area contributed by atoms with Crippen LogP contribution in [-0.4, -0.2) is 48.0 Å². The lowest BCUT2D eigenvalue weighted by atomic mass is 9.77. The van der Waals surface area contributed by atoms with E-state index in [1.165, 1.54) is 0 Å². The van der Waals surface area contributed by atoms with Crippen molar-refractivity contribution in [2.24, 2.45) is 0 Å². The molecule has 4 nitrogen and oxygen atoms in total. The van der Waals surface area contributed by atoms with Gasteiger partial charge in [0.25, 0.3) is 0 Å². The fourth-order valence-corrected chi connectivity index (χ4v) is 3.52. The first-order valence-electron chi connectivity index (χ1n) is 7.11. The number of nitrogens with zero attached hydrogens (tertiary/aromatic N) is 2. The quantitative estimate of drug-likeness (QED) is 0.882. The van der Waals surface area contributed by atoms with Crippen molar-refractivity contribution in [1.82, 2.24) is 4.90 Å². The third-order valence-corrected chi connectivity index (χ3v) is 4.66. The van der Waals surface area contributed by atoms with Crippen molar-refractivity contribution >= 4 is 0 Å². The number of aliphatic hydroxyl groups is 1. The lowest BCUT2D eigenvalue weighted by molar-refractivity contribution is -0.133. The maximum atomic E-state index is 11.0. The molecular formula is C16H20N2O2. The van der Waals surface area contributed by atoms with E-state index in [9.17, 15) is 10.4 Å². The Bertz CT molecular complexity index is 524. The fraction of sp³-hybridized carbons (Fsp3) is 0.562. The SMILES string of the molecule is CN1C2COCC1CC(O)(Cc1ccccc1C#N)C2. The highest BCUT2D eigenvalue weighted by molar-refractivity contribution is 5.38. The van der Waals surface area contributed by atoms with Crippen molar-refractivity contribution in [3.8, 4) is 6.07 Å². The topological polar surface area (TPSA) is 56.5 Å². The van der Waals surface area contributed by atoms with Crippen molar-refractivity contribution in [2.45, 2.75) is 36.9 Å². The van der Waals surface area contributed by atoms with Crippen LogP contribution in [0.1, 0.15) is 24.0 Å². The van der Waals surface area contributed by atoms with Crippen molar-refractivity contribution in [3.05, 3.63) is 35.4 Å². The Labute approximate surface area is 119 Å². The van der Waals surface area contributed by atoms with Crippen LogP contribution in [0.4, 0.5) is 0 Å². The Balaban J connectivity index is 1.82. The molecular weight excluding hydrogens is 252 g/mol. The maximum absolute atomic E-state index is 11.0. The lowest BCUT2D eigenvalue weighted by Crippen LogP contribution is -2.60. The summed E-state index contributed by atoms with van der Waals surface area (Å²) in [6.45, 7) is 1.38. The minimum absolute atomic E-state index is 0.279. The Morgan fingerprint density at radius 3 is 2.65 bits per heavy atom. The molecule has 0 saturated carbocycles. The van der Waals surface area contributed by atoms with E-state index in [-0.39, 0.29) is 12.1 Å². The van der Waals surface area contributed by atoms with E-state index in [4.69, 9.17) is 4.74 Å². The molecule has 0 amide bonds. The van der Waals surface area contributed by atoms with E-state index < -0.39 is 5.60 Å². The molecule has 2 fully saturated rings. The summed E-state index contributed by atoms with van der Waals surface area (Å²) in [7, 11) is 2.11. The molecule has 0 spiro atoms. The number of benzene rings is 1. The number of hydrogen-bond acceptors (Lipinski definition) is 4. The van der Waals surface area contributed by atoms with Gasteiger partial charge in [-0.1, -0.05) is 18.2 Å². The molecule has 2 heterocycles. The first-order valence-corrected chi connectivity index (χ1v) is 7.11. The van der Waals surface area contributed by atoms with Gasteiger partial charge in [0, 0.05) is 18.5 Å². The van der Waals surface area contributed by atoms with Gasteiger partial charge in [-0.2, -0.15) is 5.26 Å². The molecule has 1 N–H and O–H groups in total. The highest BCUT2D eigenvalue weighted by atomic mass is 16.5. The minimum atomic E-state index is -0.724. The molecule has 2 aliphatic rings. The summed E-state index contributed by atoms with van der Waals surface area (Å²) in [6, 6.07) is 10.3. The number of piperidine rings is 1. The average Bonchev–Trinajstić information content (AvgIpc) is 2.41. The van der Waals surface area contributed by atoms with Crippen LogP contribution in [0.3, 0.4) is 0 Å². The predicted octanol–water partition coefficient (Wildman–Crippen LogP) is 1.32. The molecule has 4 heteroatoms. The monoisotopic (exact) mass is 272 g/mol. The number of morpholine rings is 1. The summed E-state index contributed by atoms with van der Waals surface area (Å²) in [5, 5.41) is 20.2. The predicted molar refractivity (Wildman–Crippen MR) is 75.2 cm³/mol. The van der Waals surface area contributed by atoms with Gasteiger partial charge in [0.15, 0.2) is 0 Å². The van der Waals surface area contributed by atoms with E-state index in [1.807, 2.05) is 24.3 Å². The molecule has 106 valence electrons. The standard InChI is InChI=1S/C16H20N2O2/c1-18-14-7-16(19,8-15(18)11-20-10-14)6-12-4-2-3-5-13(12)9-17/h2-5,14-15,19H,6-8,10-11H2,1H3. The van der Waals surface area contributed by atoms with Gasteiger partial charge in [-0.3, -0.25) is 4.90 Å². The van der Waals surface area contributed by atoms with Gasteiger partial charge in [-0.25, -0.2) is 0 Å². The highest BCUT2D eigenvalue weighted by Crippen LogP contribution is 2.36. The van der Waals surface area contributed by atoms with Crippen molar-refractivity contribution in [2.75, 3.05) is 20.3 Å². The van der Waals surface area contributed by atoms with Crippen molar-refractivity contribution in [1.29, 1.82) is 5.26 Å². The second kappa shape index (κ2) is 5.17. The smallest absolute Gasteiger partial charge is 0.0994 e. The Morgan fingerprint density at radius 1 is 1.35 bits per heavy atom. The van der Waals surface area contributed by atoms with E-state index in [0.717, 1.165) is 5.56 Å². The summed E-state index contributed by atoms with van der Waals surface area (Å²) < 4.78 is 5.59. The Kier molecular flexibility index (Phi) is 3.51. The van der Waals surface area contributed by atoms with Crippen LogP contribution in [0.5, 0.6) is 0 Å². The van der Waals surface area contributed by atoms with Crippen LogP contribution in [0.15, 0.2) is 24.3 Å². The number of hydrogen-bond donors (Lipinski definition) is 1. The van der Waals surface area contributed by atoms with Crippen LogP contribution in [0, 0.1) is 11.3 Å². The molecule has 2 unspecified atom stereocenters. The van der Waals surface area contributed by atoms with Gasteiger partial charge in [0.2, 0.25) is 0 Å². The molecule has 2 saturated heterocycles. The normalized spacial score (nSPS) is 33.6. The third-order valence-electron chi connectivity index (χ3n) is 4.66. The molecule has 0 aliphatic carbocycles. The van der Waals surface area contributed by atoms with E-state index >= 15 is 0 Å². The first kappa shape index (κ1) is 13.6. The molecule has 0 radical (unpaired) electrons. The Hall–Kier alpha value is -1.41. The number of likely N-dealkylation sites (N-methyl/N-ethyl adjacent to an activating group) is 1. The molecule has 2 atom stereocenters. The van der Waals surface area contributed by atoms with Gasteiger partial charge in [-0.15, -0.1) is 0 Å². The second-order valence-corrected chi connectivity index (χ2v) is 6.09. The van der Waals surface area contributed by atoms with E-state index in [1.54, 1.807) is 0 Å². The summed E-state index contributed by atoms with van der Waals surface area (Å²) in [5.74, 6) is 0. The average molecular weight is 272 g/mol. The fourth-order valence-electron chi connectivity index (χ4n) is 3.52. The van der Waals surface area contributed by atoms with Gasteiger partial charge < -0.3 is 9.84 Å². The molecule has 2 bridgehead atoms. The number of nitriles is 1. The van der Waals surface area contributed by atoms with Crippen LogP contribution in [-0.2, 0) is 11.2 Å². The van der Waals surface area contributed by atoms with E-state index in [0.29, 0.717) is 38.0 Å². The van der Waals surface area contributed by atoms with Gasteiger partial charge in [-0.05, 0) is 31.5 Å². The molecule has 0 aromatic heterocycles. The van der Waals surface area contributed by atoms with Crippen LogP contribution >= 0.6 is 0 Å². The molecule has 1 aromatic rings. The zero-order valence-corrected chi connectivity index (χ0v) is 11.7. The summed E-state index contributed by atoms with van der Waals surface area (Å²) in [6.07, 6.45) is 1.97. The van der Waals surface area contributed by atoms with Crippen molar-refractivity contribution in [3.63, 3.8) is 0 Å². The molecule has 1 aromatic carbocycles. The summed E-state index contributed by atoms with van der Waals surface area (Å²) in [4.78, 5) is 2.33. The zero-order valence-electron chi connectivity index (χ0n) is 11.7. The van der Waals surface area contributed by atoms with Gasteiger partial charge in [0.05, 0.1) is 30.4 Å². The highest BCUT2D eigenvalue weighted by Gasteiger charge is 2.44. The third kappa shape index (κ3) is 2.45.